The molecular weight excluding hydrogens is 121 g/mol. The molecule has 0 bridgehead atoms. The predicted molar refractivity (Wildman–Crippen MR) is 24.4 cm³/mol. The van der Waals surface area contributed by atoms with Crippen LogP contribution in [0.4, 0.5) is 4.39 Å². The SMILES string of the molecule is C=NS(=O)(=O)CF. The van der Waals surface area contributed by atoms with Crippen molar-refractivity contribution in [3.63, 3.8) is 0 Å². The molecule has 0 radical (unpaired) electrons. The maximum Gasteiger partial charge on any atom is 0.282 e. The molecule has 0 aromatic carbocycles. The fraction of sp³-hybridized carbons (Fsp3) is 0.500. The second kappa shape index (κ2) is 2.02. The molecule has 0 N–H and O–H groups in total. The zero-order valence-corrected chi connectivity index (χ0v) is 4.28. The molecule has 0 saturated carbocycles. The van der Waals surface area contributed by atoms with Crippen molar-refractivity contribution in [3.05, 3.63) is 0 Å². The molecule has 5 heteroatoms. The van der Waals surface area contributed by atoms with Crippen molar-refractivity contribution >= 4 is 16.7 Å². The topological polar surface area (TPSA) is 46.5 Å². The summed E-state index contributed by atoms with van der Waals surface area (Å²) >= 11 is 0. The van der Waals surface area contributed by atoms with Crippen molar-refractivity contribution in [1.82, 2.24) is 0 Å². The second-order valence-corrected chi connectivity index (χ2v) is 2.46. The Balaban J connectivity index is 4.17. The molecule has 0 rings (SSSR count). The van der Waals surface area contributed by atoms with Crippen LogP contribution in [-0.4, -0.2) is 21.1 Å². The number of alkyl halides is 1. The predicted octanol–water partition coefficient (Wildman–Crippen LogP) is -0.0562. The van der Waals surface area contributed by atoms with E-state index in [1.807, 2.05) is 0 Å². The van der Waals surface area contributed by atoms with E-state index >= 15 is 0 Å². The summed E-state index contributed by atoms with van der Waals surface area (Å²) in [6, 6.07) is -1.46. The van der Waals surface area contributed by atoms with E-state index in [-0.39, 0.29) is 0 Å². The van der Waals surface area contributed by atoms with Crippen LogP contribution in [0.5, 0.6) is 0 Å². The molecule has 0 saturated heterocycles. The molecular formula is C2H4FNO2S. The summed E-state index contributed by atoms with van der Waals surface area (Å²) in [6.45, 7) is 2.63. The van der Waals surface area contributed by atoms with Crippen molar-refractivity contribution in [2.75, 3.05) is 6.01 Å². The Labute approximate surface area is 40.9 Å². The van der Waals surface area contributed by atoms with E-state index in [4.69, 9.17) is 0 Å². The second-order valence-electron chi connectivity index (χ2n) is 0.820. The maximum atomic E-state index is 11.0. The zero-order chi connectivity index (χ0) is 5.91. The van der Waals surface area contributed by atoms with Gasteiger partial charge in [-0.15, -0.1) is 0 Å². The molecule has 0 amide bonds. The Bertz CT molecular complexity index is 149. The average Bonchev–Trinajstić information content (AvgIpc) is 1.68. The van der Waals surface area contributed by atoms with Crippen LogP contribution >= 0.6 is 0 Å². The van der Waals surface area contributed by atoms with Crippen molar-refractivity contribution in [2.24, 2.45) is 4.40 Å². The highest BCUT2D eigenvalue weighted by Gasteiger charge is 2.00. The van der Waals surface area contributed by atoms with Gasteiger partial charge < -0.3 is 0 Å². The zero-order valence-electron chi connectivity index (χ0n) is 3.46. The van der Waals surface area contributed by atoms with Gasteiger partial charge in [0.1, 0.15) is 0 Å². The number of sulfonamides is 1. The Morgan fingerprint density at radius 2 is 2.14 bits per heavy atom. The van der Waals surface area contributed by atoms with E-state index < -0.39 is 16.0 Å². The van der Waals surface area contributed by atoms with Crippen molar-refractivity contribution in [1.29, 1.82) is 0 Å². The molecule has 0 aliphatic carbocycles. The van der Waals surface area contributed by atoms with E-state index in [9.17, 15) is 12.8 Å². The van der Waals surface area contributed by atoms with Gasteiger partial charge in [-0.25, -0.2) is 12.8 Å². The lowest BCUT2D eigenvalue weighted by Gasteiger charge is -1.80. The number of rotatable bonds is 2. The van der Waals surface area contributed by atoms with Gasteiger partial charge in [0.25, 0.3) is 10.0 Å². The summed E-state index contributed by atoms with van der Waals surface area (Å²) in [5.74, 6) is 0. The maximum absolute atomic E-state index is 11.0. The minimum Gasteiger partial charge on any atom is -0.232 e. The van der Waals surface area contributed by atoms with E-state index in [2.05, 4.69) is 11.1 Å². The van der Waals surface area contributed by atoms with Crippen LogP contribution in [0.25, 0.3) is 0 Å². The van der Waals surface area contributed by atoms with Crippen LogP contribution in [0.1, 0.15) is 0 Å². The molecule has 7 heavy (non-hydrogen) atoms. The molecule has 0 fully saturated rings. The van der Waals surface area contributed by atoms with E-state index in [0.29, 0.717) is 0 Å². The highest BCUT2D eigenvalue weighted by Crippen LogP contribution is 1.87. The Morgan fingerprint density at radius 1 is 1.71 bits per heavy atom. The van der Waals surface area contributed by atoms with Crippen LogP contribution < -0.4 is 0 Å². The Morgan fingerprint density at radius 3 is 2.14 bits per heavy atom. The van der Waals surface area contributed by atoms with Crippen LogP contribution in [0.2, 0.25) is 0 Å². The first-order valence-electron chi connectivity index (χ1n) is 1.39. The fourth-order valence-corrected chi connectivity index (χ4v) is 0.104. The quantitative estimate of drug-likeness (QED) is 0.485. The van der Waals surface area contributed by atoms with Gasteiger partial charge in [0.2, 0.25) is 6.01 Å². The molecule has 0 aliphatic heterocycles. The molecule has 0 atom stereocenters. The summed E-state index contributed by atoms with van der Waals surface area (Å²) in [4.78, 5) is 0. The summed E-state index contributed by atoms with van der Waals surface area (Å²) in [7, 11) is -3.81. The van der Waals surface area contributed by atoms with Gasteiger partial charge >= 0.3 is 0 Å². The third kappa shape index (κ3) is 2.27. The Hall–Kier alpha value is -0.450. The third-order valence-electron chi connectivity index (χ3n) is 0.335. The first kappa shape index (κ1) is 6.55. The highest BCUT2D eigenvalue weighted by atomic mass is 32.2. The summed E-state index contributed by atoms with van der Waals surface area (Å²) in [6.07, 6.45) is 0. The molecule has 42 valence electrons. The molecule has 0 heterocycles. The fourth-order valence-electron chi connectivity index (χ4n) is 0.0345. The minimum absolute atomic E-state index is 1.46. The standard InChI is InChI=1S/C2H4FNO2S/c1-4-7(5,6)2-3/h1-2H2. The van der Waals surface area contributed by atoms with Gasteiger partial charge in [0.05, 0.1) is 0 Å². The normalized spacial score (nSPS) is 11.0. The van der Waals surface area contributed by atoms with Crippen molar-refractivity contribution in [2.45, 2.75) is 0 Å². The van der Waals surface area contributed by atoms with Crippen LogP contribution in [0.15, 0.2) is 4.40 Å². The summed E-state index contributed by atoms with van der Waals surface area (Å²) < 4.78 is 33.1. The Kier molecular flexibility index (Phi) is 1.89. The first-order valence-corrected chi connectivity index (χ1v) is 3.00. The lowest BCUT2D eigenvalue weighted by atomic mass is 11.8. The molecule has 0 aliphatic rings. The highest BCUT2D eigenvalue weighted by molar-refractivity contribution is 7.90. The van der Waals surface area contributed by atoms with Gasteiger partial charge in [-0.3, -0.25) is 0 Å². The summed E-state index contributed by atoms with van der Waals surface area (Å²) in [5, 5.41) is 0. The van der Waals surface area contributed by atoms with Crippen LogP contribution in [0.3, 0.4) is 0 Å². The van der Waals surface area contributed by atoms with Gasteiger partial charge in [-0.1, -0.05) is 0 Å². The van der Waals surface area contributed by atoms with Crippen molar-refractivity contribution < 1.29 is 12.8 Å². The molecule has 3 nitrogen and oxygen atoms in total. The monoisotopic (exact) mass is 125 g/mol. The third-order valence-corrected chi connectivity index (χ3v) is 1.00. The van der Waals surface area contributed by atoms with Crippen LogP contribution in [-0.2, 0) is 10.0 Å². The summed E-state index contributed by atoms with van der Waals surface area (Å²) in [5.41, 5.74) is 0. The lowest BCUT2D eigenvalue weighted by molar-refractivity contribution is 0.536. The minimum atomic E-state index is -3.81. The molecule has 0 unspecified atom stereocenters. The molecule has 0 aromatic heterocycles. The van der Waals surface area contributed by atoms with Crippen LogP contribution in [0, 0.1) is 0 Å². The number of hydrogen-bond donors (Lipinski definition) is 0. The van der Waals surface area contributed by atoms with E-state index in [1.54, 1.807) is 0 Å². The van der Waals surface area contributed by atoms with Gasteiger partial charge in [0, 0.05) is 6.72 Å². The van der Waals surface area contributed by atoms with Crippen molar-refractivity contribution in [3.8, 4) is 0 Å². The number of halogens is 1. The van der Waals surface area contributed by atoms with E-state index in [0.717, 1.165) is 0 Å². The molecule has 0 aromatic rings. The largest absolute Gasteiger partial charge is 0.282 e. The number of hydrogen-bond acceptors (Lipinski definition) is 2. The van der Waals surface area contributed by atoms with E-state index in [1.165, 1.54) is 0 Å². The molecule has 0 spiro atoms. The van der Waals surface area contributed by atoms with Gasteiger partial charge in [-0.05, 0) is 0 Å². The van der Waals surface area contributed by atoms with Gasteiger partial charge in [-0.2, -0.15) is 4.40 Å². The number of nitrogens with zero attached hydrogens (tertiary/aromatic N) is 1. The average molecular weight is 125 g/mol. The lowest BCUT2D eigenvalue weighted by Crippen LogP contribution is -1.94. The smallest absolute Gasteiger partial charge is 0.232 e. The van der Waals surface area contributed by atoms with Gasteiger partial charge in [0.15, 0.2) is 0 Å². The first-order chi connectivity index (χ1) is 3.12.